The average molecular weight is 502 g/mol. The van der Waals surface area contributed by atoms with E-state index in [1.54, 1.807) is 23.1 Å². The molecular weight excluding hydrogens is 477 g/mol. The number of benzene rings is 3. The number of halogens is 1. The Morgan fingerprint density at radius 2 is 1.78 bits per heavy atom. The van der Waals surface area contributed by atoms with E-state index < -0.39 is 24.4 Å². The number of anilines is 1. The summed E-state index contributed by atoms with van der Waals surface area (Å²) in [6.45, 7) is 0.170. The predicted octanol–water partition coefficient (Wildman–Crippen LogP) is 2.54. The van der Waals surface area contributed by atoms with E-state index in [2.05, 4.69) is 9.97 Å². The molecule has 0 radical (unpaired) electrons. The van der Waals surface area contributed by atoms with Crippen LogP contribution in [0.25, 0.3) is 22.0 Å². The van der Waals surface area contributed by atoms with Crippen LogP contribution in [0.4, 0.5) is 10.3 Å². The van der Waals surface area contributed by atoms with Crippen molar-refractivity contribution in [2.24, 2.45) is 5.73 Å². The van der Waals surface area contributed by atoms with E-state index in [-0.39, 0.29) is 24.2 Å². The molecule has 2 heterocycles. The number of aliphatic hydroxyl groups is 1. The Morgan fingerprint density at radius 1 is 1.05 bits per heavy atom. The maximum Gasteiger partial charge on any atom is 0.325 e. The van der Waals surface area contributed by atoms with Crippen LogP contribution in [0.5, 0.6) is 0 Å². The minimum Gasteiger partial charge on any atom is -0.460 e. The lowest BCUT2D eigenvalue weighted by Crippen LogP contribution is -2.35. The highest BCUT2D eigenvalue weighted by Gasteiger charge is 2.27. The molecule has 1 aliphatic heterocycles. The fraction of sp³-hybridized carbons (Fsp3) is 0.185. The number of hydrogen-bond acceptors (Lipinski definition) is 8. The second-order valence-electron chi connectivity index (χ2n) is 8.79. The monoisotopic (exact) mass is 501 g/mol. The zero-order valence-electron chi connectivity index (χ0n) is 19.7. The number of nitrogens with two attached hydrogens (primary N) is 2. The van der Waals surface area contributed by atoms with Crippen LogP contribution in [0.3, 0.4) is 0 Å². The van der Waals surface area contributed by atoms with Crippen LogP contribution < -0.4 is 11.5 Å². The molecular formula is C27H24FN5O4. The standard InChI is InChI=1S/C27H24FN5O4/c28-19-7-5-18(14-37-26(36)22(29)13-34)20(10-19)15-6-8-23-21(9-15)24(32-27(30)31-23)25(35)33-11-16-3-1-2-4-17(16)12-33/h1-10,22,34H,11-14,29H2,(H2,30,31,32)/t22-/m1/s1. The van der Waals surface area contributed by atoms with Crippen molar-refractivity contribution < 1.29 is 23.8 Å². The van der Waals surface area contributed by atoms with Gasteiger partial charge in [0, 0.05) is 18.5 Å². The van der Waals surface area contributed by atoms with Gasteiger partial charge in [-0.15, -0.1) is 0 Å². The normalized spacial score (nSPS) is 13.4. The largest absolute Gasteiger partial charge is 0.460 e. The summed E-state index contributed by atoms with van der Waals surface area (Å²) < 4.78 is 19.5. The van der Waals surface area contributed by atoms with Gasteiger partial charge in [0.2, 0.25) is 5.95 Å². The van der Waals surface area contributed by atoms with Gasteiger partial charge in [0.15, 0.2) is 0 Å². The van der Waals surface area contributed by atoms with Gasteiger partial charge < -0.3 is 26.2 Å². The highest BCUT2D eigenvalue weighted by Crippen LogP contribution is 2.31. The minimum absolute atomic E-state index is 0.0288. The number of esters is 1. The molecule has 1 atom stereocenters. The molecule has 0 bridgehead atoms. The maximum absolute atomic E-state index is 14.3. The highest BCUT2D eigenvalue weighted by molar-refractivity contribution is 6.06. The van der Waals surface area contributed by atoms with Gasteiger partial charge in [-0.05, 0) is 52.1 Å². The van der Waals surface area contributed by atoms with E-state index in [0.29, 0.717) is 40.7 Å². The number of amides is 1. The summed E-state index contributed by atoms with van der Waals surface area (Å²) in [6, 6.07) is 15.8. The first-order valence-corrected chi connectivity index (χ1v) is 11.6. The summed E-state index contributed by atoms with van der Waals surface area (Å²) in [7, 11) is 0. The van der Waals surface area contributed by atoms with E-state index in [0.717, 1.165) is 11.1 Å². The number of carbonyl (C=O) groups is 2. The third-order valence-corrected chi connectivity index (χ3v) is 6.30. The third-order valence-electron chi connectivity index (χ3n) is 6.30. The van der Waals surface area contributed by atoms with Crippen molar-refractivity contribution in [3.8, 4) is 11.1 Å². The maximum atomic E-state index is 14.3. The third kappa shape index (κ3) is 4.84. The summed E-state index contributed by atoms with van der Waals surface area (Å²) in [5.41, 5.74) is 15.7. The van der Waals surface area contributed by atoms with Crippen LogP contribution in [0.15, 0.2) is 60.7 Å². The second kappa shape index (κ2) is 9.92. The Labute approximate surface area is 211 Å². The van der Waals surface area contributed by atoms with Crippen molar-refractivity contribution in [1.29, 1.82) is 0 Å². The van der Waals surface area contributed by atoms with Crippen molar-refractivity contribution >= 4 is 28.7 Å². The number of rotatable bonds is 6. The summed E-state index contributed by atoms with van der Waals surface area (Å²) >= 11 is 0. The van der Waals surface area contributed by atoms with Crippen LogP contribution in [0.2, 0.25) is 0 Å². The molecule has 1 amide bonds. The number of nitrogens with zero attached hydrogens (tertiary/aromatic N) is 3. The molecule has 5 N–H and O–H groups in total. The topological polar surface area (TPSA) is 145 Å². The first-order valence-electron chi connectivity index (χ1n) is 11.6. The van der Waals surface area contributed by atoms with Gasteiger partial charge in [-0.1, -0.05) is 36.4 Å². The molecule has 188 valence electrons. The molecule has 9 nitrogen and oxygen atoms in total. The number of ether oxygens (including phenoxy) is 1. The van der Waals surface area contributed by atoms with Crippen LogP contribution in [0, 0.1) is 5.82 Å². The minimum atomic E-state index is -1.17. The smallest absolute Gasteiger partial charge is 0.325 e. The number of aromatic nitrogens is 2. The van der Waals surface area contributed by atoms with E-state index in [9.17, 15) is 14.0 Å². The van der Waals surface area contributed by atoms with Crippen LogP contribution in [-0.4, -0.2) is 44.5 Å². The number of aliphatic hydroxyl groups excluding tert-OH is 1. The number of hydrogen-bond donors (Lipinski definition) is 3. The first kappa shape index (κ1) is 24.3. The van der Waals surface area contributed by atoms with E-state index in [4.69, 9.17) is 21.3 Å². The predicted molar refractivity (Wildman–Crippen MR) is 134 cm³/mol. The molecule has 0 fully saturated rings. The summed E-state index contributed by atoms with van der Waals surface area (Å²) in [5, 5.41) is 9.53. The quantitative estimate of drug-likeness (QED) is 0.342. The molecule has 0 saturated heterocycles. The van der Waals surface area contributed by atoms with Crippen molar-refractivity contribution in [1.82, 2.24) is 14.9 Å². The zero-order valence-corrected chi connectivity index (χ0v) is 19.7. The molecule has 5 rings (SSSR count). The number of fused-ring (bicyclic) bond motifs is 2. The second-order valence-corrected chi connectivity index (χ2v) is 8.79. The van der Waals surface area contributed by atoms with Crippen LogP contribution in [0.1, 0.15) is 27.2 Å². The van der Waals surface area contributed by atoms with Crippen molar-refractivity contribution in [2.75, 3.05) is 12.3 Å². The Bertz CT molecular complexity index is 1500. The molecule has 1 aliphatic rings. The molecule has 10 heteroatoms. The molecule has 0 saturated carbocycles. The average Bonchev–Trinajstić information content (AvgIpc) is 3.35. The van der Waals surface area contributed by atoms with E-state index in [1.165, 1.54) is 18.2 Å². The molecule has 0 aliphatic carbocycles. The lowest BCUT2D eigenvalue weighted by Gasteiger charge is -2.17. The van der Waals surface area contributed by atoms with Gasteiger partial charge >= 0.3 is 5.97 Å². The first-order chi connectivity index (χ1) is 17.8. The van der Waals surface area contributed by atoms with Gasteiger partial charge in [0.1, 0.15) is 24.2 Å². The molecule has 4 aromatic rings. The Kier molecular flexibility index (Phi) is 6.51. The molecule has 0 unspecified atom stereocenters. The number of nitrogen functional groups attached to an aromatic ring is 1. The van der Waals surface area contributed by atoms with Crippen molar-refractivity contribution in [3.05, 3.63) is 88.9 Å². The van der Waals surface area contributed by atoms with E-state index in [1.807, 2.05) is 24.3 Å². The van der Waals surface area contributed by atoms with Crippen LogP contribution >= 0.6 is 0 Å². The van der Waals surface area contributed by atoms with Gasteiger partial charge in [-0.25, -0.2) is 14.4 Å². The fourth-order valence-electron chi connectivity index (χ4n) is 4.38. The van der Waals surface area contributed by atoms with Gasteiger partial charge in [0.05, 0.1) is 12.1 Å². The van der Waals surface area contributed by atoms with Crippen molar-refractivity contribution in [3.63, 3.8) is 0 Å². The van der Waals surface area contributed by atoms with Crippen molar-refractivity contribution in [2.45, 2.75) is 25.7 Å². The van der Waals surface area contributed by atoms with Gasteiger partial charge in [-0.3, -0.25) is 9.59 Å². The van der Waals surface area contributed by atoms with Crippen LogP contribution in [-0.2, 0) is 29.2 Å². The SMILES string of the molecule is Nc1nc(C(=O)N2Cc3ccccc3C2)c2cc(-c3cc(F)ccc3COC(=O)[C@H](N)CO)ccc2n1. The van der Waals surface area contributed by atoms with Gasteiger partial charge in [0.25, 0.3) is 5.91 Å². The molecule has 1 aromatic heterocycles. The molecule has 0 spiro atoms. The summed E-state index contributed by atoms with van der Waals surface area (Å²) in [5.74, 6) is -1.59. The molecule has 3 aromatic carbocycles. The Morgan fingerprint density at radius 3 is 2.49 bits per heavy atom. The molecule has 37 heavy (non-hydrogen) atoms. The lowest BCUT2D eigenvalue weighted by molar-refractivity contribution is -0.147. The lowest BCUT2D eigenvalue weighted by atomic mass is 9.97. The van der Waals surface area contributed by atoms with E-state index >= 15 is 0 Å². The summed E-state index contributed by atoms with van der Waals surface area (Å²) in [6.07, 6.45) is 0. The summed E-state index contributed by atoms with van der Waals surface area (Å²) in [4.78, 5) is 35.7. The van der Waals surface area contributed by atoms with Gasteiger partial charge in [-0.2, -0.15) is 0 Å². The number of carbonyl (C=O) groups excluding carboxylic acids is 2. The zero-order chi connectivity index (χ0) is 26.1. The highest BCUT2D eigenvalue weighted by atomic mass is 19.1. The fourth-order valence-corrected chi connectivity index (χ4v) is 4.38. The Hall–Kier alpha value is -4.41. The Balaban J connectivity index is 1.52.